The van der Waals surface area contributed by atoms with Crippen LogP contribution < -0.4 is 14.8 Å². The molecule has 1 amide bonds. The van der Waals surface area contributed by atoms with Gasteiger partial charge >= 0.3 is 5.97 Å². The van der Waals surface area contributed by atoms with Crippen molar-refractivity contribution in [3.05, 3.63) is 54.1 Å². The van der Waals surface area contributed by atoms with Crippen molar-refractivity contribution >= 4 is 27.6 Å². The lowest BCUT2D eigenvalue weighted by atomic mass is 10.2. The number of amides is 1. The highest BCUT2D eigenvalue weighted by molar-refractivity contribution is 7.89. The smallest absolute Gasteiger partial charge is 0.318 e. The Labute approximate surface area is 144 Å². The number of anilines is 1. The Hall–Kier alpha value is -2.91. The predicted molar refractivity (Wildman–Crippen MR) is 90.2 cm³/mol. The topological polar surface area (TPSA) is 122 Å². The van der Waals surface area contributed by atoms with Crippen LogP contribution in [0, 0.1) is 0 Å². The van der Waals surface area contributed by atoms with Crippen LogP contribution in [0.5, 0.6) is 5.75 Å². The van der Waals surface area contributed by atoms with Crippen molar-refractivity contribution in [2.24, 2.45) is 0 Å². The molecule has 132 valence electrons. The van der Waals surface area contributed by atoms with Crippen LogP contribution in [0.4, 0.5) is 5.69 Å². The first kappa shape index (κ1) is 18.4. The van der Waals surface area contributed by atoms with Crippen molar-refractivity contribution in [2.45, 2.75) is 4.90 Å². The summed E-state index contributed by atoms with van der Waals surface area (Å²) >= 11 is 0. The lowest BCUT2D eigenvalue weighted by Crippen LogP contribution is -2.29. The fraction of sp³-hybridized carbons (Fsp3) is 0.125. The number of methoxy groups -OCH3 is 1. The number of carbonyl (C=O) groups excluding carboxylic acids is 1. The molecule has 2 aromatic carbocycles. The maximum atomic E-state index is 12.2. The summed E-state index contributed by atoms with van der Waals surface area (Å²) in [6.07, 6.45) is 0. The Morgan fingerprint density at radius 3 is 2.40 bits per heavy atom. The van der Waals surface area contributed by atoms with Crippen molar-refractivity contribution < 1.29 is 27.9 Å². The van der Waals surface area contributed by atoms with Crippen LogP contribution in [0.3, 0.4) is 0 Å². The first-order chi connectivity index (χ1) is 11.8. The van der Waals surface area contributed by atoms with Crippen molar-refractivity contribution in [1.82, 2.24) is 4.72 Å². The van der Waals surface area contributed by atoms with Gasteiger partial charge in [0.15, 0.2) is 0 Å². The number of carbonyl (C=O) groups is 2. The molecule has 3 N–H and O–H groups in total. The van der Waals surface area contributed by atoms with Crippen LogP contribution in [-0.2, 0) is 14.8 Å². The monoisotopic (exact) mass is 364 g/mol. The molecular weight excluding hydrogens is 348 g/mol. The third kappa shape index (κ3) is 5.03. The molecular formula is C16H16N2O6S. The molecule has 0 heterocycles. The van der Waals surface area contributed by atoms with E-state index in [1.54, 1.807) is 24.3 Å². The van der Waals surface area contributed by atoms with E-state index in [-0.39, 0.29) is 10.8 Å². The lowest BCUT2D eigenvalue weighted by molar-refractivity contribution is -0.135. The third-order valence-corrected chi connectivity index (χ3v) is 4.58. The van der Waals surface area contributed by atoms with Gasteiger partial charge in [-0.2, -0.15) is 4.72 Å². The van der Waals surface area contributed by atoms with Gasteiger partial charge in [0.2, 0.25) is 10.0 Å². The molecule has 8 nitrogen and oxygen atoms in total. The SMILES string of the molecule is COc1cccc(C(=O)Nc2ccc(S(=O)(=O)NCC(=O)O)cc2)c1. The number of aliphatic carboxylic acids is 1. The van der Waals surface area contributed by atoms with Crippen LogP contribution in [0.25, 0.3) is 0 Å². The van der Waals surface area contributed by atoms with Crippen LogP contribution in [0.15, 0.2) is 53.4 Å². The molecule has 25 heavy (non-hydrogen) atoms. The Balaban J connectivity index is 2.09. The molecule has 0 aliphatic rings. The molecule has 0 atom stereocenters. The fourth-order valence-electron chi connectivity index (χ4n) is 1.93. The highest BCUT2D eigenvalue weighted by atomic mass is 32.2. The number of hydrogen-bond acceptors (Lipinski definition) is 5. The minimum Gasteiger partial charge on any atom is -0.497 e. The van der Waals surface area contributed by atoms with Gasteiger partial charge in [-0.15, -0.1) is 0 Å². The van der Waals surface area contributed by atoms with E-state index in [4.69, 9.17) is 9.84 Å². The number of ether oxygens (including phenoxy) is 1. The summed E-state index contributed by atoms with van der Waals surface area (Å²) in [4.78, 5) is 22.5. The Kier molecular flexibility index (Phi) is 5.73. The molecule has 0 spiro atoms. The highest BCUT2D eigenvalue weighted by Gasteiger charge is 2.15. The zero-order valence-corrected chi connectivity index (χ0v) is 14.0. The van der Waals surface area contributed by atoms with E-state index in [1.165, 1.54) is 31.4 Å². The van der Waals surface area contributed by atoms with E-state index in [0.717, 1.165) is 0 Å². The van der Waals surface area contributed by atoms with Gasteiger partial charge in [-0.25, -0.2) is 8.42 Å². The molecule has 0 radical (unpaired) electrons. The van der Waals surface area contributed by atoms with Gasteiger partial charge in [0, 0.05) is 11.3 Å². The van der Waals surface area contributed by atoms with Crippen LogP contribution >= 0.6 is 0 Å². The molecule has 9 heteroatoms. The maximum Gasteiger partial charge on any atom is 0.318 e. The number of sulfonamides is 1. The van der Waals surface area contributed by atoms with E-state index in [9.17, 15) is 18.0 Å². The zero-order chi connectivity index (χ0) is 18.4. The van der Waals surface area contributed by atoms with Gasteiger partial charge in [0.25, 0.3) is 5.91 Å². The van der Waals surface area contributed by atoms with Gasteiger partial charge in [0.1, 0.15) is 12.3 Å². The molecule has 0 aromatic heterocycles. The van der Waals surface area contributed by atoms with Crippen molar-refractivity contribution in [1.29, 1.82) is 0 Å². The maximum absolute atomic E-state index is 12.2. The van der Waals surface area contributed by atoms with E-state index >= 15 is 0 Å². The molecule has 0 aliphatic carbocycles. The molecule has 0 unspecified atom stereocenters. The number of nitrogens with one attached hydrogen (secondary N) is 2. The molecule has 0 fully saturated rings. The second-order valence-corrected chi connectivity index (χ2v) is 6.70. The third-order valence-electron chi connectivity index (χ3n) is 3.17. The number of carboxylic acid groups (broad SMARTS) is 1. The van der Waals surface area contributed by atoms with E-state index in [1.807, 2.05) is 4.72 Å². The van der Waals surface area contributed by atoms with E-state index in [0.29, 0.717) is 17.0 Å². The Morgan fingerprint density at radius 1 is 1.12 bits per heavy atom. The summed E-state index contributed by atoms with van der Waals surface area (Å²) < 4.78 is 30.8. The largest absolute Gasteiger partial charge is 0.497 e. The van der Waals surface area contributed by atoms with Gasteiger partial charge in [-0.3, -0.25) is 9.59 Å². The van der Waals surface area contributed by atoms with E-state index < -0.39 is 22.5 Å². The molecule has 0 aliphatic heterocycles. The standard InChI is InChI=1S/C16H16N2O6S/c1-24-13-4-2-3-11(9-13)16(21)18-12-5-7-14(8-6-12)25(22,23)17-10-15(19)20/h2-9,17H,10H2,1H3,(H,18,21)(H,19,20). The van der Waals surface area contributed by atoms with Gasteiger partial charge in [-0.05, 0) is 42.5 Å². The quantitative estimate of drug-likeness (QED) is 0.681. The number of rotatable bonds is 7. The molecule has 2 aromatic rings. The summed E-state index contributed by atoms with van der Waals surface area (Å²) in [5, 5.41) is 11.2. The van der Waals surface area contributed by atoms with Gasteiger partial charge in [0.05, 0.1) is 12.0 Å². The molecule has 2 rings (SSSR count). The Morgan fingerprint density at radius 2 is 1.80 bits per heavy atom. The normalized spacial score (nSPS) is 10.9. The summed E-state index contributed by atoms with van der Waals surface area (Å²) in [5.41, 5.74) is 0.782. The predicted octanol–water partition coefficient (Wildman–Crippen LogP) is 1.31. The average molecular weight is 364 g/mol. The fourth-order valence-corrected chi connectivity index (χ4v) is 2.90. The summed E-state index contributed by atoms with van der Waals surface area (Å²) in [7, 11) is -2.43. The van der Waals surface area contributed by atoms with Crippen LogP contribution in [0.2, 0.25) is 0 Å². The van der Waals surface area contributed by atoms with Crippen molar-refractivity contribution in [2.75, 3.05) is 19.0 Å². The Bertz CT molecular complexity index is 878. The highest BCUT2D eigenvalue weighted by Crippen LogP contribution is 2.17. The minimum absolute atomic E-state index is 0.104. The zero-order valence-electron chi connectivity index (χ0n) is 13.2. The second-order valence-electron chi connectivity index (χ2n) is 4.93. The first-order valence-electron chi connectivity index (χ1n) is 7.09. The van der Waals surface area contributed by atoms with Crippen molar-refractivity contribution in [3.63, 3.8) is 0 Å². The lowest BCUT2D eigenvalue weighted by Gasteiger charge is -2.08. The second kappa shape index (κ2) is 7.77. The molecule has 0 saturated heterocycles. The molecule has 0 saturated carbocycles. The van der Waals surface area contributed by atoms with Gasteiger partial charge < -0.3 is 15.2 Å². The summed E-state index contributed by atoms with van der Waals surface area (Å²) in [6.45, 7) is -0.712. The summed E-state index contributed by atoms with van der Waals surface area (Å²) in [5.74, 6) is -1.12. The van der Waals surface area contributed by atoms with Crippen LogP contribution in [-0.4, -0.2) is 39.1 Å². The first-order valence-corrected chi connectivity index (χ1v) is 8.57. The van der Waals surface area contributed by atoms with Crippen LogP contribution in [0.1, 0.15) is 10.4 Å². The number of carboxylic acids is 1. The van der Waals surface area contributed by atoms with Crippen molar-refractivity contribution in [3.8, 4) is 5.75 Å². The molecule has 0 bridgehead atoms. The average Bonchev–Trinajstić information content (AvgIpc) is 2.60. The minimum atomic E-state index is -3.92. The number of benzene rings is 2. The summed E-state index contributed by atoms with van der Waals surface area (Å²) in [6, 6.07) is 11.9. The number of hydrogen-bond donors (Lipinski definition) is 3. The van der Waals surface area contributed by atoms with Gasteiger partial charge in [-0.1, -0.05) is 6.07 Å². The van der Waals surface area contributed by atoms with E-state index in [2.05, 4.69) is 5.32 Å².